The van der Waals surface area contributed by atoms with E-state index in [-0.39, 0.29) is 16.7 Å². The van der Waals surface area contributed by atoms with Crippen molar-refractivity contribution in [3.63, 3.8) is 0 Å². The lowest BCUT2D eigenvalue weighted by molar-refractivity contribution is 0.0731. The normalized spacial score (nSPS) is 17.3. The SMILES string of the molecule is CC(C)(C)c1cc(C(=O)N2CCc3cnc(N4CCOCC4)nc3C2)cc(C(C)(C)C)c1. The molecular formula is C26H36N4O2. The van der Waals surface area contributed by atoms with E-state index in [0.29, 0.717) is 26.3 Å². The van der Waals surface area contributed by atoms with Gasteiger partial charge in [-0.2, -0.15) is 0 Å². The third kappa shape index (κ3) is 4.80. The van der Waals surface area contributed by atoms with E-state index in [1.54, 1.807) is 0 Å². The molecule has 2 aliphatic rings. The zero-order valence-electron chi connectivity index (χ0n) is 20.4. The second kappa shape index (κ2) is 8.47. The van der Waals surface area contributed by atoms with Crippen molar-refractivity contribution in [2.24, 2.45) is 0 Å². The van der Waals surface area contributed by atoms with Gasteiger partial charge in [0.1, 0.15) is 0 Å². The minimum absolute atomic E-state index is 0.0227. The number of ether oxygens (including phenoxy) is 1. The summed E-state index contributed by atoms with van der Waals surface area (Å²) in [6.45, 7) is 17.4. The number of benzene rings is 1. The Labute approximate surface area is 192 Å². The molecule has 6 heteroatoms. The van der Waals surface area contributed by atoms with Crippen LogP contribution in [-0.2, 0) is 28.5 Å². The van der Waals surface area contributed by atoms with Crippen LogP contribution in [0.2, 0.25) is 0 Å². The molecule has 2 aliphatic heterocycles. The Kier molecular flexibility index (Phi) is 6.01. The molecule has 2 aromatic rings. The van der Waals surface area contributed by atoms with Gasteiger partial charge in [0.25, 0.3) is 5.91 Å². The number of rotatable bonds is 2. The Bertz CT molecular complexity index is 966. The molecule has 0 spiro atoms. The first kappa shape index (κ1) is 22.7. The van der Waals surface area contributed by atoms with Crippen LogP contribution in [0.3, 0.4) is 0 Å². The summed E-state index contributed by atoms with van der Waals surface area (Å²) in [5, 5.41) is 0. The van der Waals surface area contributed by atoms with Gasteiger partial charge in [-0.15, -0.1) is 0 Å². The van der Waals surface area contributed by atoms with Crippen LogP contribution in [0, 0.1) is 0 Å². The van der Waals surface area contributed by atoms with Crippen molar-refractivity contribution >= 4 is 11.9 Å². The zero-order valence-corrected chi connectivity index (χ0v) is 20.4. The summed E-state index contributed by atoms with van der Waals surface area (Å²) in [5.41, 5.74) is 5.23. The molecule has 0 bridgehead atoms. The summed E-state index contributed by atoms with van der Waals surface area (Å²) in [4.78, 5) is 27.1. The number of fused-ring (bicyclic) bond motifs is 1. The van der Waals surface area contributed by atoms with Crippen molar-refractivity contribution in [1.29, 1.82) is 0 Å². The summed E-state index contributed by atoms with van der Waals surface area (Å²) in [5.74, 6) is 0.824. The topological polar surface area (TPSA) is 58.6 Å². The van der Waals surface area contributed by atoms with E-state index >= 15 is 0 Å². The lowest BCUT2D eigenvalue weighted by Crippen LogP contribution is -2.39. The number of anilines is 1. The molecule has 0 saturated carbocycles. The van der Waals surface area contributed by atoms with Crippen LogP contribution in [0.4, 0.5) is 5.95 Å². The van der Waals surface area contributed by atoms with E-state index in [0.717, 1.165) is 42.3 Å². The number of morpholine rings is 1. The van der Waals surface area contributed by atoms with Gasteiger partial charge in [0.05, 0.1) is 25.5 Å². The third-order valence-corrected chi connectivity index (χ3v) is 6.43. The molecule has 1 saturated heterocycles. The number of hydrogen-bond donors (Lipinski definition) is 0. The Morgan fingerprint density at radius 3 is 2.16 bits per heavy atom. The number of carbonyl (C=O) groups excluding carboxylic acids is 1. The van der Waals surface area contributed by atoms with Crippen LogP contribution < -0.4 is 4.90 Å². The molecule has 1 aromatic carbocycles. The Balaban J connectivity index is 1.61. The summed E-state index contributed by atoms with van der Waals surface area (Å²) < 4.78 is 5.45. The van der Waals surface area contributed by atoms with Gasteiger partial charge in [-0.05, 0) is 46.1 Å². The molecular weight excluding hydrogens is 400 g/mol. The molecule has 0 atom stereocenters. The van der Waals surface area contributed by atoms with E-state index in [2.05, 4.69) is 69.6 Å². The molecule has 172 valence electrons. The van der Waals surface area contributed by atoms with Gasteiger partial charge in [-0.1, -0.05) is 47.6 Å². The van der Waals surface area contributed by atoms with Crippen molar-refractivity contribution in [3.05, 3.63) is 52.3 Å². The average Bonchev–Trinajstić information content (AvgIpc) is 2.77. The number of hydrogen-bond acceptors (Lipinski definition) is 5. The van der Waals surface area contributed by atoms with Gasteiger partial charge in [0.15, 0.2) is 0 Å². The van der Waals surface area contributed by atoms with Crippen LogP contribution in [0.15, 0.2) is 24.4 Å². The molecule has 0 N–H and O–H groups in total. The van der Waals surface area contributed by atoms with Crippen molar-refractivity contribution < 1.29 is 9.53 Å². The highest BCUT2D eigenvalue weighted by molar-refractivity contribution is 5.95. The zero-order chi connectivity index (χ0) is 23.1. The highest BCUT2D eigenvalue weighted by Gasteiger charge is 2.27. The lowest BCUT2D eigenvalue weighted by atomic mass is 9.79. The maximum atomic E-state index is 13.6. The second-order valence-corrected chi connectivity index (χ2v) is 11.0. The molecule has 3 heterocycles. The fraction of sp³-hybridized carbons (Fsp3) is 0.577. The Morgan fingerprint density at radius 1 is 0.938 bits per heavy atom. The Morgan fingerprint density at radius 2 is 1.56 bits per heavy atom. The van der Waals surface area contributed by atoms with Crippen molar-refractivity contribution in [1.82, 2.24) is 14.9 Å². The van der Waals surface area contributed by atoms with Crippen LogP contribution in [0.5, 0.6) is 0 Å². The first-order valence-electron chi connectivity index (χ1n) is 11.7. The molecule has 1 aromatic heterocycles. The second-order valence-electron chi connectivity index (χ2n) is 11.0. The first-order chi connectivity index (χ1) is 15.0. The fourth-order valence-electron chi connectivity index (χ4n) is 4.18. The lowest BCUT2D eigenvalue weighted by Gasteiger charge is -2.31. The number of carbonyl (C=O) groups is 1. The maximum absolute atomic E-state index is 13.6. The molecule has 6 nitrogen and oxygen atoms in total. The standard InChI is InChI=1S/C26H36N4O2/c1-25(2,3)20-13-19(14-21(15-20)26(4,5)6)23(31)30-8-7-18-16-27-24(28-22(18)17-30)29-9-11-32-12-10-29/h13-16H,7-12,17H2,1-6H3. The molecule has 0 unspecified atom stereocenters. The molecule has 0 aliphatic carbocycles. The smallest absolute Gasteiger partial charge is 0.254 e. The van der Waals surface area contributed by atoms with Gasteiger partial charge in [-0.3, -0.25) is 4.79 Å². The largest absolute Gasteiger partial charge is 0.378 e. The van der Waals surface area contributed by atoms with Crippen molar-refractivity contribution in [2.75, 3.05) is 37.7 Å². The molecule has 4 rings (SSSR count). The first-order valence-corrected chi connectivity index (χ1v) is 11.7. The predicted octanol–water partition coefficient (Wildman–Crippen LogP) is 4.11. The van der Waals surface area contributed by atoms with Gasteiger partial charge in [-0.25, -0.2) is 9.97 Å². The van der Waals surface area contributed by atoms with Crippen LogP contribution in [0.25, 0.3) is 0 Å². The van der Waals surface area contributed by atoms with Gasteiger partial charge in [0.2, 0.25) is 5.95 Å². The molecule has 1 amide bonds. The van der Waals surface area contributed by atoms with Crippen molar-refractivity contribution in [2.45, 2.75) is 65.3 Å². The fourth-order valence-corrected chi connectivity index (χ4v) is 4.18. The van der Waals surface area contributed by atoms with E-state index in [1.165, 1.54) is 11.1 Å². The maximum Gasteiger partial charge on any atom is 0.254 e. The predicted molar refractivity (Wildman–Crippen MR) is 127 cm³/mol. The van der Waals surface area contributed by atoms with Crippen LogP contribution >= 0.6 is 0 Å². The van der Waals surface area contributed by atoms with Crippen molar-refractivity contribution in [3.8, 4) is 0 Å². The quantitative estimate of drug-likeness (QED) is 0.709. The van der Waals surface area contributed by atoms with E-state index in [9.17, 15) is 4.79 Å². The third-order valence-electron chi connectivity index (χ3n) is 6.43. The number of nitrogens with zero attached hydrogens (tertiary/aromatic N) is 4. The van der Waals surface area contributed by atoms with E-state index < -0.39 is 0 Å². The van der Waals surface area contributed by atoms with Gasteiger partial charge >= 0.3 is 0 Å². The summed E-state index contributed by atoms with van der Waals surface area (Å²) in [7, 11) is 0. The summed E-state index contributed by atoms with van der Waals surface area (Å²) >= 11 is 0. The Hall–Kier alpha value is -2.47. The molecule has 32 heavy (non-hydrogen) atoms. The van der Waals surface area contributed by atoms with Gasteiger partial charge < -0.3 is 14.5 Å². The minimum atomic E-state index is -0.0227. The summed E-state index contributed by atoms with van der Waals surface area (Å²) in [6, 6.07) is 6.41. The van der Waals surface area contributed by atoms with Crippen LogP contribution in [-0.4, -0.2) is 53.6 Å². The highest BCUT2D eigenvalue weighted by Crippen LogP contribution is 2.31. The van der Waals surface area contributed by atoms with Gasteiger partial charge in [0, 0.05) is 31.4 Å². The monoisotopic (exact) mass is 436 g/mol. The highest BCUT2D eigenvalue weighted by atomic mass is 16.5. The van der Waals surface area contributed by atoms with Crippen LogP contribution in [0.1, 0.15) is 74.3 Å². The molecule has 1 fully saturated rings. The number of amides is 1. The molecule has 0 radical (unpaired) electrons. The number of aromatic nitrogens is 2. The van der Waals surface area contributed by atoms with E-state index in [4.69, 9.17) is 9.72 Å². The van der Waals surface area contributed by atoms with E-state index in [1.807, 2.05) is 11.1 Å². The minimum Gasteiger partial charge on any atom is -0.378 e. The average molecular weight is 437 g/mol. The summed E-state index contributed by atoms with van der Waals surface area (Å²) in [6.07, 6.45) is 2.72.